The van der Waals surface area contributed by atoms with Crippen molar-refractivity contribution >= 4 is 29.9 Å². The summed E-state index contributed by atoms with van der Waals surface area (Å²) in [4.78, 5) is 9.73. The van der Waals surface area contributed by atoms with Gasteiger partial charge in [0.05, 0.1) is 6.61 Å². The molecule has 168 valence electrons. The van der Waals surface area contributed by atoms with Crippen molar-refractivity contribution in [3.63, 3.8) is 0 Å². The van der Waals surface area contributed by atoms with Gasteiger partial charge in [-0.25, -0.2) is 4.99 Å². The van der Waals surface area contributed by atoms with Crippen LogP contribution in [-0.4, -0.2) is 96.2 Å². The number of guanidine groups is 1. The molecular formula is C19H38IN7O2. The zero-order valence-corrected chi connectivity index (χ0v) is 21.0. The van der Waals surface area contributed by atoms with Crippen LogP contribution in [-0.2, 0) is 23.1 Å². The number of nitrogens with zero attached hydrogens (tertiary/aromatic N) is 6. The van der Waals surface area contributed by atoms with Crippen molar-refractivity contribution < 1.29 is 9.47 Å². The highest BCUT2D eigenvalue weighted by molar-refractivity contribution is 14.0. The molecule has 0 amide bonds. The second-order valence-corrected chi connectivity index (χ2v) is 7.47. The molecule has 0 spiro atoms. The number of halogens is 1. The van der Waals surface area contributed by atoms with Crippen LogP contribution in [0, 0.1) is 6.92 Å². The first kappa shape index (κ1) is 26.1. The van der Waals surface area contributed by atoms with E-state index in [2.05, 4.69) is 39.2 Å². The lowest BCUT2D eigenvalue weighted by atomic mass is 10.1. The number of aliphatic imine (C=N–C) groups is 1. The lowest BCUT2D eigenvalue weighted by molar-refractivity contribution is 0.0443. The summed E-state index contributed by atoms with van der Waals surface area (Å²) in [5.41, 5.74) is 0. The van der Waals surface area contributed by atoms with Gasteiger partial charge >= 0.3 is 0 Å². The van der Waals surface area contributed by atoms with Crippen LogP contribution in [0.4, 0.5) is 0 Å². The highest BCUT2D eigenvalue weighted by atomic mass is 127. The van der Waals surface area contributed by atoms with Gasteiger partial charge in [-0.1, -0.05) is 0 Å². The Kier molecular flexibility index (Phi) is 12.0. The third-order valence-corrected chi connectivity index (χ3v) is 5.32. The fourth-order valence-corrected chi connectivity index (χ4v) is 3.59. The number of hydrogen-bond acceptors (Lipinski definition) is 6. The van der Waals surface area contributed by atoms with Gasteiger partial charge in [0, 0.05) is 66.1 Å². The fourth-order valence-electron chi connectivity index (χ4n) is 3.59. The maximum Gasteiger partial charge on any atom is 0.194 e. The third kappa shape index (κ3) is 7.65. The molecule has 2 unspecified atom stereocenters. The molecule has 0 saturated carbocycles. The Hall–Kier alpha value is -0.980. The van der Waals surface area contributed by atoms with E-state index in [9.17, 15) is 0 Å². The molecule has 0 bridgehead atoms. The predicted molar refractivity (Wildman–Crippen MR) is 126 cm³/mol. The van der Waals surface area contributed by atoms with E-state index in [0.29, 0.717) is 18.6 Å². The van der Waals surface area contributed by atoms with Gasteiger partial charge in [-0.2, -0.15) is 0 Å². The first-order valence-electron chi connectivity index (χ1n) is 10.1. The molecule has 9 nitrogen and oxygen atoms in total. The van der Waals surface area contributed by atoms with E-state index >= 15 is 0 Å². The van der Waals surface area contributed by atoms with Gasteiger partial charge in [0.25, 0.3) is 0 Å². The van der Waals surface area contributed by atoms with E-state index in [0.717, 1.165) is 63.4 Å². The van der Waals surface area contributed by atoms with Crippen LogP contribution in [0.1, 0.15) is 31.9 Å². The first-order chi connectivity index (χ1) is 13.5. The van der Waals surface area contributed by atoms with Crippen LogP contribution in [0.25, 0.3) is 0 Å². The Labute approximate surface area is 192 Å². The molecule has 0 aromatic carbocycles. The predicted octanol–water partition coefficient (Wildman–Crippen LogP) is 1.26. The molecule has 1 saturated heterocycles. The molecule has 1 aliphatic heterocycles. The van der Waals surface area contributed by atoms with E-state index in [4.69, 9.17) is 14.5 Å². The summed E-state index contributed by atoms with van der Waals surface area (Å²) in [5.74, 6) is 2.70. The molecule has 1 N–H and O–H groups in total. The van der Waals surface area contributed by atoms with Gasteiger partial charge in [0.1, 0.15) is 12.4 Å². The van der Waals surface area contributed by atoms with Crippen molar-refractivity contribution in [3.8, 4) is 0 Å². The molecule has 10 heteroatoms. The van der Waals surface area contributed by atoms with E-state index in [1.165, 1.54) is 0 Å². The average molecular weight is 523 g/mol. The largest absolute Gasteiger partial charge is 0.385 e. The van der Waals surface area contributed by atoms with Gasteiger partial charge in [0.2, 0.25) is 0 Å². The number of aromatic nitrogens is 3. The molecule has 1 aromatic heterocycles. The molecular weight excluding hydrogens is 485 g/mol. The van der Waals surface area contributed by atoms with Crippen LogP contribution >= 0.6 is 24.0 Å². The summed E-state index contributed by atoms with van der Waals surface area (Å²) in [7, 11) is 5.47. The van der Waals surface area contributed by atoms with E-state index in [1.54, 1.807) is 14.2 Å². The van der Waals surface area contributed by atoms with Crippen molar-refractivity contribution in [3.05, 3.63) is 11.6 Å². The van der Waals surface area contributed by atoms with Gasteiger partial charge in [-0.3, -0.25) is 4.90 Å². The highest BCUT2D eigenvalue weighted by Crippen LogP contribution is 2.16. The van der Waals surface area contributed by atoms with Gasteiger partial charge in [-0.05, 0) is 27.2 Å². The fraction of sp³-hybridized carbons (Fsp3) is 0.842. The van der Waals surface area contributed by atoms with Crippen LogP contribution in [0.2, 0.25) is 0 Å². The van der Waals surface area contributed by atoms with Crippen LogP contribution in [0.5, 0.6) is 0 Å². The van der Waals surface area contributed by atoms with Crippen LogP contribution in [0.3, 0.4) is 0 Å². The molecule has 29 heavy (non-hydrogen) atoms. The Morgan fingerprint density at radius 3 is 2.34 bits per heavy atom. The Bertz CT molecular complexity index is 614. The monoisotopic (exact) mass is 523 g/mol. The number of hydrogen-bond donors (Lipinski definition) is 1. The molecule has 2 heterocycles. The Morgan fingerprint density at radius 2 is 1.79 bits per heavy atom. The molecule has 1 aliphatic rings. The zero-order valence-electron chi connectivity index (χ0n) is 18.7. The quantitative estimate of drug-likeness (QED) is 0.226. The second kappa shape index (κ2) is 13.3. The molecule has 0 radical (unpaired) electrons. The lowest BCUT2D eigenvalue weighted by Gasteiger charge is -2.45. The first-order valence-corrected chi connectivity index (χ1v) is 10.1. The van der Waals surface area contributed by atoms with Gasteiger partial charge < -0.3 is 24.3 Å². The molecule has 1 fully saturated rings. The Morgan fingerprint density at radius 1 is 1.14 bits per heavy atom. The van der Waals surface area contributed by atoms with Crippen molar-refractivity contribution in [1.29, 1.82) is 0 Å². The summed E-state index contributed by atoms with van der Waals surface area (Å²) in [6.07, 6.45) is 0.942. The normalized spacial score (nSPS) is 20.6. The van der Waals surface area contributed by atoms with Crippen molar-refractivity contribution in [1.82, 2.24) is 29.9 Å². The number of ether oxygens (including phenoxy) is 2. The number of piperazine rings is 1. The van der Waals surface area contributed by atoms with Crippen molar-refractivity contribution in [2.45, 2.75) is 45.8 Å². The van der Waals surface area contributed by atoms with Crippen molar-refractivity contribution in [2.75, 3.05) is 53.6 Å². The topological polar surface area (TPSA) is 80.0 Å². The standard InChI is InChI=1S/C19H37N7O2.HI/c1-15-13-25(14-16(2)26(15)9-11-28-6)19(20-8-7-10-27-5)21-12-18-23-22-17(3)24(18)4;/h15-16H,7-14H2,1-6H3,(H,20,21);1H. The van der Waals surface area contributed by atoms with Crippen LogP contribution < -0.4 is 5.32 Å². The minimum Gasteiger partial charge on any atom is -0.385 e. The van der Waals surface area contributed by atoms with Gasteiger partial charge in [-0.15, -0.1) is 34.2 Å². The van der Waals surface area contributed by atoms with Crippen LogP contribution in [0.15, 0.2) is 4.99 Å². The number of aryl methyl sites for hydroxylation is 1. The summed E-state index contributed by atoms with van der Waals surface area (Å²) < 4.78 is 12.4. The van der Waals surface area contributed by atoms with Crippen molar-refractivity contribution in [2.24, 2.45) is 12.0 Å². The van der Waals surface area contributed by atoms with E-state index < -0.39 is 0 Å². The highest BCUT2D eigenvalue weighted by Gasteiger charge is 2.30. The third-order valence-electron chi connectivity index (χ3n) is 5.32. The molecule has 0 aliphatic carbocycles. The van der Waals surface area contributed by atoms with Gasteiger partial charge in [0.15, 0.2) is 11.8 Å². The number of rotatable bonds is 9. The smallest absolute Gasteiger partial charge is 0.194 e. The SMILES string of the molecule is COCCCNC(=NCc1nnc(C)n1C)N1CC(C)N(CCOC)C(C)C1.I. The molecule has 1 aromatic rings. The lowest BCUT2D eigenvalue weighted by Crippen LogP contribution is -2.60. The summed E-state index contributed by atoms with van der Waals surface area (Å²) in [6, 6.07) is 0.865. The maximum atomic E-state index is 5.27. The van der Waals surface area contributed by atoms with E-state index in [-0.39, 0.29) is 24.0 Å². The summed E-state index contributed by atoms with van der Waals surface area (Å²) in [5, 5.41) is 11.9. The minimum atomic E-state index is 0. The zero-order chi connectivity index (χ0) is 20.5. The second-order valence-electron chi connectivity index (χ2n) is 7.47. The number of methoxy groups -OCH3 is 2. The van der Waals surface area contributed by atoms with E-state index in [1.807, 2.05) is 18.5 Å². The Balaban J connectivity index is 0.00000420. The average Bonchev–Trinajstić information content (AvgIpc) is 2.99. The number of nitrogens with one attached hydrogen (secondary N) is 1. The molecule has 2 atom stereocenters. The minimum absolute atomic E-state index is 0. The summed E-state index contributed by atoms with van der Waals surface area (Å²) in [6.45, 7) is 12.2. The maximum absolute atomic E-state index is 5.27. The summed E-state index contributed by atoms with van der Waals surface area (Å²) >= 11 is 0. The molecule has 2 rings (SSSR count).